The number of allylic oxidation sites excluding steroid dienone is 2. The molecule has 8 aromatic carbocycles. The number of anilines is 2. The predicted octanol–water partition coefficient (Wildman–Crippen LogP) is 13.7. The van der Waals surface area contributed by atoms with E-state index in [1.54, 1.807) is 0 Å². The Morgan fingerprint density at radius 3 is 1.74 bits per heavy atom. The molecule has 54 heavy (non-hydrogen) atoms. The zero-order chi connectivity index (χ0) is 35.6. The van der Waals surface area contributed by atoms with Crippen molar-refractivity contribution in [1.29, 1.82) is 0 Å². The second-order valence-corrected chi connectivity index (χ2v) is 14.5. The first kappa shape index (κ1) is 30.7. The summed E-state index contributed by atoms with van der Waals surface area (Å²) in [5.74, 6) is 0.245. The second-order valence-electron chi connectivity index (χ2n) is 14.5. The Morgan fingerprint density at radius 1 is 0.407 bits per heavy atom. The number of benzene rings is 8. The molecule has 0 bridgehead atoms. The van der Waals surface area contributed by atoms with Crippen LogP contribution in [0.5, 0.6) is 0 Å². The molecule has 9 aromatic rings. The van der Waals surface area contributed by atoms with Crippen LogP contribution in [0.2, 0.25) is 0 Å². The number of hydrogen-bond acceptors (Lipinski definition) is 1. The molecule has 0 saturated heterocycles. The summed E-state index contributed by atoms with van der Waals surface area (Å²) >= 11 is 0. The largest absolute Gasteiger partial charge is 0.333 e. The van der Waals surface area contributed by atoms with Gasteiger partial charge >= 0.3 is 0 Å². The fraction of sp³-hybridized carbons (Fsp3) is 0.0385. The Bertz CT molecular complexity index is 2880. The van der Waals surface area contributed by atoms with Gasteiger partial charge < -0.3 is 9.47 Å². The summed E-state index contributed by atoms with van der Waals surface area (Å²) in [5.41, 5.74) is 14.7. The Labute approximate surface area is 315 Å². The summed E-state index contributed by atoms with van der Waals surface area (Å²) in [7, 11) is 0. The lowest BCUT2D eigenvalue weighted by molar-refractivity contribution is 0.745. The molecule has 0 N–H and O–H groups in total. The highest BCUT2D eigenvalue weighted by Gasteiger charge is 2.40. The average Bonchev–Trinajstić information content (AvgIpc) is 3.77. The van der Waals surface area contributed by atoms with Crippen molar-refractivity contribution < 1.29 is 0 Å². The minimum Gasteiger partial charge on any atom is -0.333 e. The van der Waals surface area contributed by atoms with Crippen molar-refractivity contribution >= 4 is 44.0 Å². The van der Waals surface area contributed by atoms with Crippen LogP contribution in [0.4, 0.5) is 11.4 Å². The molecule has 2 atom stereocenters. The normalized spacial score (nSPS) is 16.0. The van der Waals surface area contributed by atoms with Gasteiger partial charge in [0.2, 0.25) is 0 Å². The highest BCUT2D eigenvalue weighted by Crippen LogP contribution is 2.54. The first-order valence-corrected chi connectivity index (χ1v) is 18.8. The van der Waals surface area contributed by atoms with Gasteiger partial charge in [0.05, 0.1) is 22.8 Å². The zero-order valence-corrected chi connectivity index (χ0v) is 29.7. The third kappa shape index (κ3) is 4.81. The molecule has 1 aromatic heterocycles. The van der Waals surface area contributed by atoms with Crippen molar-refractivity contribution in [2.45, 2.75) is 12.0 Å². The van der Waals surface area contributed by atoms with Gasteiger partial charge in [-0.25, -0.2) is 0 Å². The van der Waals surface area contributed by atoms with Crippen LogP contribution in [-0.2, 0) is 0 Å². The molecule has 2 heterocycles. The van der Waals surface area contributed by atoms with Crippen LogP contribution < -0.4 is 4.90 Å². The Kier molecular flexibility index (Phi) is 7.03. The summed E-state index contributed by atoms with van der Waals surface area (Å²) in [6.45, 7) is 0. The summed E-state index contributed by atoms with van der Waals surface area (Å²) in [6, 6.07) is 66.9. The summed E-state index contributed by atoms with van der Waals surface area (Å²) in [4.78, 5) is 2.63. The van der Waals surface area contributed by atoms with Crippen LogP contribution in [0.3, 0.4) is 0 Å². The Balaban J connectivity index is 1.20. The molecular formula is C52H36N2. The lowest BCUT2D eigenvalue weighted by Gasteiger charge is -2.30. The molecule has 2 heteroatoms. The van der Waals surface area contributed by atoms with Gasteiger partial charge in [-0.3, -0.25) is 0 Å². The van der Waals surface area contributed by atoms with Crippen molar-refractivity contribution in [1.82, 2.24) is 4.57 Å². The van der Waals surface area contributed by atoms with E-state index in [4.69, 9.17) is 0 Å². The number of aromatic nitrogens is 1. The molecule has 2 aliphatic rings. The molecule has 0 fully saturated rings. The Morgan fingerprint density at radius 2 is 1.02 bits per heavy atom. The maximum absolute atomic E-state index is 2.63. The number of rotatable bonds is 5. The number of hydrogen-bond donors (Lipinski definition) is 0. The van der Waals surface area contributed by atoms with E-state index in [2.05, 4.69) is 216 Å². The molecule has 1 aliphatic carbocycles. The van der Waals surface area contributed by atoms with Crippen LogP contribution in [0.25, 0.3) is 71.6 Å². The third-order valence-electron chi connectivity index (χ3n) is 11.4. The topological polar surface area (TPSA) is 8.17 Å². The maximum Gasteiger partial charge on any atom is 0.0629 e. The van der Waals surface area contributed by atoms with E-state index in [0.29, 0.717) is 0 Å². The number of para-hydroxylation sites is 1. The van der Waals surface area contributed by atoms with Gasteiger partial charge in [-0.15, -0.1) is 0 Å². The molecule has 0 spiro atoms. The zero-order valence-electron chi connectivity index (χ0n) is 29.7. The fourth-order valence-corrected chi connectivity index (χ4v) is 9.07. The van der Waals surface area contributed by atoms with Crippen molar-refractivity contribution in [2.24, 2.45) is 0 Å². The Hall–Kier alpha value is -6.90. The molecule has 254 valence electrons. The third-order valence-corrected chi connectivity index (χ3v) is 11.4. The average molecular weight is 689 g/mol. The van der Waals surface area contributed by atoms with Crippen molar-refractivity contribution in [3.8, 4) is 39.1 Å². The quantitative estimate of drug-likeness (QED) is 0.175. The van der Waals surface area contributed by atoms with Crippen LogP contribution in [-0.4, -0.2) is 10.6 Å². The second kappa shape index (κ2) is 12.4. The van der Waals surface area contributed by atoms with Crippen LogP contribution in [0, 0.1) is 0 Å². The van der Waals surface area contributed by atoms with Gasteiger partial charge in [-0.05, 0) is 92.2 Å². The molecule has 2 unspecified atom stereocenters. The van der Waals surface area contributed by atoms with Gasteiger partial charge in [0.25, 0.3) is 0 Å². The van der Waals surface area contributed by atoms with Crippen molar-refractivity contribution in [2.75, 3.05) is 4.90 Å². The molecule has 0 saturated carbocycles. The minimum atomic E-state index is 0.161. The fourth-order valence-electron chi connectivity index (χ4n) is 9.07. The van der Waals surface area contributed by atoms with E-state index in [1.165, 1.54) is 82.9 Å². The number of fused-ring (bicyclic) bond motifs is 8. The van der Waals surface area contributed by atoms with E-state index in [1.807, 2.05) is 0 Å². The van der Waals surface area contributed by atoms with Gasteiger partial charge in [-0.2, -0.15) is 0 Å². The number of nitrogens with zero attached hydrogens (tertiary/aromatic N) is 2. The minimum absolute atomic E-state index is 0.161. The highest BCUT2D eigenvalue weighted by molar-refractivity contribution is 6.18. The van der Waals surface area contributed by atoms with Gasteiger partial charge in [0.1, 0.15) is 0 Å². The van der Waals surface area contributed by atoms with Gasteiger partial charge in [0.15, 0.2) is 0 Å². The lowest BCUT2D eigenvalue weighted by atomic mass is 9.90. The first-order chi connectivity index (χ1) is 26.8. The summed E-state index contributed by atoms with van der Waals surface area (Å²) in [6.07, 6.45) is 9.23. The lowest BCUT2D eigenvalue weighted by Crippen LogP contribution is -2.28. The smallest absolute Gasteiger partial charge is 0.0629 e. The van der Waals surface area contributed by atoms with Crippen LogP contribution in [0.1, 0.15) is 11.5 Å². The van der Waals surface area contributed by atoms with Crippen LogP contribution >= 0.6 is 0 Å². The van der Waals surface area contributed by atoms with Crippen LogP contribution in [0.15, 0.2) is 206 Å². The molecule has 11 rings (SSSR count). The van der Waals surface area contributed by atoms with E-state index in [-0.39, 0.29) is 12.0 Å². The molecule has 1 aliphatic heterocycles. The van der Waals surface area contributed by atoms with Crippen molar-refractivity contribution in [3.05, 3.63) is 212 Å². The maximum atomic E-state index is 2.63. The SMILES string of the molecule is C1=CC2c3ccc4c(c3N(c3cc(-c5ccccc5)c5ccccc5c3)C2C=C1)c1ccccc1n4-c1cc(-c2ccccc2)cc(-c2ccccc2)c1. The highest BCUT2D eigenvalue weighted by atomic mass is 15.2. The van der Waals surface area contributed by atoms with Gasteiger partial charge in [0, 0.05) is 28.1 Å². The molecular weight excluding hydrogens is 653 g/mol. The summed E-state index contributed by atoms with van der Waals surface area (Å²) in [5, 5.41) is 5.07. The van der Waals surface area contributed by atoms with E-state index in [0.717, 1.165) is 5.69 Å². The molecule has 2 nitrogen and oxygen atoms in total. The summed E-state index contributed by atoms with van der Waals surface area (Å²) < 4.78 is 2.49. The van der Waals surface area contributed by atoms with Crippen molar-refractivity contribution in [3.63, 3.8) is 0 Å². The van der Waals surface area contributed by atoms with E-state index < -0.39 is 0 Å². The molecule has 0 radical (unpaired) electrons. The molecule has 0 amide bonds. The monoisotopic (exact) mass is 688 g/mol. The first-order valence-electron chi connectivity index (χ1n) is 18.8. The van der Waals surface area contributed by atoms with E-state index >= 15 is 0 Å². The van der Waals surface area contributed by atoms with E-state index in [9.17, 15) is 0 Å². The predicted molar refractivity (Wildman–Crippen MR) is 228 cm³/mol. The standard InChI is InChI=1S/C52H36N2/c1-4-16-35(17-5-1)39-30-40(36-18-6-2-7-19-36)33-41(32-39)53-49-27-15-13-25-46(49)51-50(53)29-28-45-44-24-12-14-26-48(44)54(52(45)51)42-31-38-22-10-11-23-43(38)47(34-42)37-20-8-3-9-21-37/h1-34,44,48H. The van der Waals surface area contributed by atoms with Gasteiger partial charge in [-0.1, -0.05) is 164 Å².